The van der Waals surface area contributed by atoms with Crippen molar-refractivity contribution in [3.05, 3.63) is 42.5 Å². The number of nitrogens with zero attached hydrogens (tertiary/aromatic N) is 3. The Labute approximate surface area is 168 Å². The molecule has 2 aliphatic heterocycles. The van der Waals surface area contributed by atoms with E-state index in [0.29, 0.717) is 0 Å². The van der Waals surface area contributed by atoms with Crippen LogP contribution in [-0.2, 0) is 24.0 Å². The molecule has 158 valence electrons. The first-order chi connectivity index (χ1) is 13.6. The summed E-state index contributed by atoms with van der Waals surface area (Å²) in [6.45, 7) is 5.25. The fraction of sp³-hybridized carbons (Fsp3) is 0.556. The standard InChI is InChI=1S/C18H23N3O7S/c1-10-4-6-11(7-5-10)29(24,25)16(23)13(22)14-12(21-9-19-8-20-21)15-17(26-14)28-18(2,3)27-15/h4-9,12-17,22-23H,1-3H3/t12-,13-,14-,15+,16?,17+/m0/s1. The van der Waals surface area contributed by atoms with Gasteiger partial charge in [-0.05, 0) is 32.9 Å². The monoisotopic (exact) mass is 425 g/mol. The average molecular weight is 425 g/mol. The molecule has 2 aromatic rings. The molecule has 0 radical (unpaired) electrons. The zero-order valence-electron chi connectivity index (χ0n) is 16.1. The topological polar surface area (TPSA) is 133 Å². The second-order valence-electron chi connectivity index (χ2n) is 7.67. The first kappa shape index (κ1) is 20.4. The fourth-order valence-electron chi connectivity index (χ4n) is 3.68. The molecule has 2 fully saturated rings. The van der Waals surface area contributed by atoms with Gasteiger partial charge in [0.25, 0.3) is 0 Å². The molecule has 3 heterocycles. The molecule has 2 aliphatic rings. The molecule has 1 unspecified atom stereocenters. The van der Waals surface area contributed by atoms with Gasteiger partial charge in [-0.3, -0.25) is 0 Å². The third-order valence-corrected chi connectivity index (χ3v) is 6.93. The lowest BCUT2D eigenvalue weighted by atomic mass is 10.0. The number of aliphatic hydroxyl groups is 2. The Kier molecular flexibility index (Phi) is 5.00. The summed E-state index contributed by atoms with van der Waals surface area (Å²) >= 11 is 0. The van der Waals surface area contributed by atoms with Crippen LogP contribution < -0.4 is 0 Å². The van der Waals surface area contributed by atoms with Crippen LogP contribution in [0.25, 0.3) is 0 Å². The van der Waals surface area contributed by atoms with E-state index in [4.69, 9.17) is 14.2 Å². The van der Waals surface area contributed by atoms with Gasteiger partial charge in [0, 0.05) is 0 Å². The SMILES string of the molecule is Cc1ccc(S(=O)(=O)C(O)[C@@H](O)[C@H]2O[C@@H]3OC(C)(C)O[C@@H]3[C@H]2n2cncn2)cc1. The number of sulfone groups is 1. The van der Waals surface area contributed by atoms with Crippen molar-refractivity contribution in [1.29, 1.82) is 0 Å². The number of aliphatic hydroxyl groups excluding tert-OH is 2. The first-order valence-corrected chi connectivity index (χ1v) is 10.7. The van der Waals surface area contributed by atoms with Crippen molar-refractivity contribution in [3.8, 4) is 0 Å². The van der Waals surface area contributed by atoms with Gasteiger partial charge in [0.15, 0.2) is 17.5 Å². The molecule has 4 rings (SSSR count). The largest absolute Gasteiger partial charge is 0.386 e. The fourth-order valence-corrected chi connectivity index (χ4v) is 5.00. The van der Waals surface area contributed by atoms with Gasteiger partial charge in [-0.25, -0.2) is 18.1 Å². The van der Waals surface area contributed by atoms with Gasteiger partial charge in [0.1, 0.15) is 37.0 Å². The Balaban J connectivity index is 1.63. The van der Waals surface area contributed by atoms with E-state index in [1.165, 1.54) is 29.5 Å². The molecule has 1 aromatic carbocycles. The highest BCUT2D eigenvalue weighted by molar-refractivity contribution is 7.92. The molecule has 6 atom stereocenters. The van der Waals surface area contributed by atoms with E-state index in [0.717, 1.165) is 5.56 Å². The lowest BCUT2D eigenvalue weighted by Gasteiger charge is -2.30. The molecule has 2 N–H and O–H groups in total. The second kappa shape index (κ2) is 7.11. The molecule has 11 heteroatoms. The second-order valence-corrected chi connectivity index (χ2v) is 9.72. The maximum atomic E-state index is 12.8. The number of hydrogen-bond donors (Lipinski definition) is 2. The van der Waals surface area contributed by atoms with Crippen LogP contribution >= 0.6 is 0 Å². The zero-order valence-corrected chi connectivity index (χ0v) is 16.9. The van der Waals surface area contributed by atoms with Crippen LogP contribution in [0.5, 0.6) is 0 Å². The van der Waals surface area contributed by atoms with Crippen LogP contribution in [0.2, 0.25) is 0 Å². The molecule has 0 aliphatic carbocycles. The van der Waals surface area contributed by atoms with E-state index in [9.17, 15) is 18.6 Å². The minimum absolute atomic E-state index is 0.0984. The lowest BCUT2D eigenvalue weighted by molar-refractivity contribution is -0.222. The summed E-state index contributed by atoms with van der Waals surface area (Å²) in [6.07, 6.45) is -1.74. The summed E-state index contributed by atoms with van der Waals surface area (Å²) in [5, 5.41) is 25.4. The Bertz CT molecular complexity index is 962. The van der Waals surface area contributed by atoms with Crippen LogP contribution in [-0.4, -0.2) is 69.2 Å². The Morgan fingerprint density at radius 2 is 1.86 bits per heavy atom. The highest BCUT2D eigenvalue weighted by Gasteiger charge is 2.59. The molecule has 0 bridgehead atoms. The Morgan fingerprint density at radius 3 is 2.48 bits per heavy atom. The molecular weight excluding hydrogens is 402 g/mol. The highest BCUT2D eigenvalue weighted by Crippen LogP contribution is 2.44. The van der Waals surface area contributed by atoms with E-state index in [1.54, 1.807) is 26.0 Å². The van der Waals surface area contributed by atoms with Crippen LogP contribution in [0.3, 0.4) is 0 Å². The van der Waals surface area contributed by atoms with Gasteiger partial charge in [0.2, 0.25) is 9.84 Å². The average Bonchev–Trinajstić information content (AvgIpc) is 3.35. The molecular formula is C18H23N3O7S. The minimum Gasteiger partial charge on any atom is -0.386 e. The number of fused-ring (bicyclic) bond motifs is 1. The van der Waals surface area contributed by atoms with Crippen molar-refractivity contribution < 1.29 is 32.8 Å². The number of benzene rings is 1. The number of ether oxygens (including phenoxy) is 3. The van der Waals surface area contributed by atoms with Gasteiger partial charge in [-0.2, -0.15) is 5.10 Å². The first-order valence-electron chi connectivity index (χ1n) is 9.12. The third-order valence-electron chi connectivity index (χ3n) is 5.09. The summed E-state index contributed by atoms with van der Waals surface area (Å²) in [7, 11) is -4.23. The Morgan fingerprint density at radius 1 is 1.17 bits per heavy atom. The normalized spacial score (nSPS) is 30.8. The maximum absolute atomic E-state index is 12.8. The third kappa shape index (κ3) is 3.58. The summed E-state index contributed by atoms with van der Waals surface area (Å²) in [6, 6.07) is 5.25. The molecule has 29 heavy (non-hydrogen) atoms. The van der Waals surface area contributed by atoms with E-state index in [2.05, 4.69) is 10.1 Å². The van der Waals surface area contributed by atoms with Crippen molar-refractivity contribution in [2.45, 2.75) is 67.5 Å². The molecule has 0 saturated carbocycles. The molecule has 0 spiro atoms. The predicted octanol–water partition coefficient (Wildman–Crippen LogP) is 0.157. The van der Waals surface area contributed by atoms with Gasteiger partial charge >= 0.3 is 0 Å². The van der Waals surface area contributed by atoms with Crippen molar-refractivity contribution >= 4 is 9.84 Å². The maximum Gasteiger partial charge on any atom is 0.207 e. The van der Waals surface area contributed by atoms with E-state index in [-0.39, 0.29) is 4.90 Å². The van der Waals surface area contributed by atoms with Crippen molar-refractivity contribution in [2.24, 2.45) is 0 Å². The van der Waals surface area contributed by atoms with Crippen LogP contribution in [0.15, 0.2) is 41.8 Å². The van der Waals surface area contributed by atoms with Gasteiger partial charge in [-0.15, -0.1) is 0 Å². The van der Waals surface area contributed by atoms with Crippen LogP contribution in [0.4, 0.5) is 0 Å². The number of aromatic nitrogens is 3. The van der Waals surface area contributed by atoms with Crippen LogP contribution in [0, 0.1) is 6.92 Å². The van der Waals surface area contributed by atoms with E-state index in [1.807, 2.05) is 6.92 Å². The van der Waals surface area contributed by atoms with Crippen LogP contribution in [0.1, 0.15) is 25.5 Å². The minimum atomic E-state index is -4.23. The van der Waals surface area contributed by atoms with Gasteiger partial charge in [0.05, 0.1) is 4.90 Å². The summed E-state index contributed by atoms with van der Waals surface area (Å²) in [5.74, 6) is -0.920. The van der Waals surface area contributed by atoms with E-state index >= 15 is 0 Å². The quantitative estimate of drug-likeness (QED) is 0.687. The number of aryl methyl sites for hydroxylation is 1. The molecule has 0 amide bonds. The van der Waals surface area contributed by atoms with Crippen molar-refractivity contribution in [1.82, 2.24) is 14.8 Å². The lowest BCUT2D eigenvalue weighted by Crippen LogP contribution is -2.47. The van der Waals surface area contributed by atoms with Crippen molar-refractivity contribution in [2.75, 3.05) is 0 Å². The van der Waals surface area contributed by atoms with Crippen molar-refractivity contribution in [3.63, 3.8) is 0 Å². The Hall–Kier alpha value is -1.89. The summed E-state index contributed by atoms with van der Waals surface area (Å²) < 4.78 is 44.4. The zero-order chi connectivity index (χ0) is 21.0. The summed E-state index contributed by atoms with van der Waals surface area (Å²) in [5.41, 5.74) is -1.25. The molecule has 10 nitrogen and oxygen atoms in total. The van der Waals surface area contributed by atoms with Gasteiger partial charge < -0.3 is 24.4 Å². The molecule has 2 saturated heterocycles. The van der Waals surface area contributed by atoms with Gasteiger partial charge in [-0.1, -0.05) is 17.7 Å². The summed E-state index contributed by atoms with van der Waals surface area (Å²) in [4.78, 5) is 3.80. The highest BCUT2D eigenvalue weighted by atomic mass is 32.2. The smallest absolute Gasteiger partial charge is 0.207 e. The number of hydrogen-bond acceptors (Lipinski definition) is 9. The predicted molar refractivity (Wildman–Crippen MR) is 98.1 cm³/mol. The number of rotatable bonds is 5. The van der Waals surface area contributed by atoms with E-state index < -0.39 is 51.7 Å². The molecule has 1 aromatic heterocycles.